The number of halogens is 1. The number of hydrogen-bond donors (Lipinski definition) is 1. The summed E-state index contributed by atoms with van der Waals surface area (Å²) in [5.41, 5.74) is 2.00. The van der Waals surface area contributed by atoms with E-state index in [2.05, 4.69) is 15.4 Å². The molecule has 2 aromatic heterocycles. The van der Waals surface area contributed by atoms with Crippen molar-refractivity contribution < 1.29 is 18.4 Å². The number of aromatic amines is 1. The van der Waals surface area contributed by atoms with Crippen LogP contribution in [0, 0.1) is 5.82 Å². The van der Waals surface area contributed by atoms with Gasteiger partial charge in [-0.2, -0.15) is 5.10 Å². The molecule has 9 heteroatoms. The van der Waals surface area contributed by atoms with Crippen LogP contribution in [-0.4, -0.2) is 60.5 Å². The normalized spacial score (nSPS) is 14.7. The number of carbonyl (C=O) groups is 1. The number of likely N-dealkylation sites (tertiary alicyclic amines) is 1. The van der Waals surface area contributed by atoms with Gasteiger partial charge in [0.2, 0.25) is 0 Å². The molecule has 0 atom stereocenters. The number of methoxy groups -OCH3 is 1. The molecule has 0 spiro atoms. The first-order chi connectivity index (χ1) is 14.5. The monoisotopic (exact) mass is 413 g/mol. The Hall–Kier alpha value is -3.36. The third-order valence-electron chi connectivity index (χ3n) is 5.47. The van der Waals surface area contributed by atoms with Crippen molar-refractivity contribution in [1.29, 1.82) is 0 Å². The summed E-state index contributed by atoms with van der Waals surface area (Å²) in [6.07, 6.45) is 3.43. The van der Waals surface area contributed by atoms with E-state index in [4.69, 9.17) is 9.26 Å². The number of nitrogens with one attached hydrogen (secondary N) is 1. The fourth-order valence-electron chi connectivity index (χ4n) is 3.82. The number of carbonyl (C=O) groups excluding carboxylic acids is 1. The molecule has 1 aliphatic heterocycles. The molecule has 8 nitrogen and oxygen atoms in total. The molecular formula is C21H24FN5O3. The molecule has 1 aromatic carbocycles. The predicted molar refractivity (Wildman–Crippen MR) is 109 cm³/mol. The molecule has 0 unspecified atom stereocenters. The molecule has 0 bridgehead atoms. The van der Waals surface area contributed by atoms with Crippen LogP contribution in [0.5, 0.6) is 5.75 Å². The zero-order valence-electron chi connectivity index (χ0n) is 17.2. The van der Waals surface area contributed by atoms with E-state index in [0.717, 1.165) is 18.5 Å². The van der Waals surface area contributed by atoms with Gasteiger partial charge in [0.1, 0.15) is 5.56 Å². The summed E-state index contributed by atoms with van der Waals surface area (Å²) in [5.74, 6) is 0.539. The summed E-state index contributed by atoms with van der Waals surface area (Å²) >= 11 is 0. The number of H-pyrrole nitrogens is 1. The second-order valence-corrected chi connectivity index (χ2v) is 7.53. The van der Waals surface area contributed by atoms with E-state index >= 15 is 0 Å². The number of ether oxygens (including phenoxy) is 1. The number of hydrogen-bond acceptors (Lipinski definition) is 6. The number of nitrogens with zero attached hydrogens (tertiary/aromatic N) is 4. The summed E-state index contributed by atoms with van der Waals surface area (Å²) < 4.78 is 24.5. The first-order valence-electron chi connectivity index (χ1n) is 9.79. The van der Waals surface area contributed by atoms with E-state index in [-0.39, 0.29) is 11.7 Å². The highest BCUT2D eigenvalue weighted by atomic mass is 19.1. The van der Waals surface area contributed by atoms with Crippen molar-refractivity contribution in [3.8, 4) is 17.1 Å². The van der Waals surface area contributed by atoms with Gasteiger partial charge in [-0.15, -0.1) is 0 Å². The zero-order chi connectivity index (χ0) is 21.3. The molecule has 1 aliphatic rings. The summed E-state index contributed by atoms with van der Waals surface area (Å²) in [6, 6.07) is 6.33. The SMILES string of the molecule is COc1cc(-c2onc(N(C)C)c2C(=O)N2CCC(c3ccn[nH]3)CC2)ccc1F. The van der Waals surface area contributed by atoms with Crippen LogP contribution in [0.4, 0.5) is 10.2 Å². The van der Waals surface area contributed by atoms with Crippen LogP contribution in [0.3, 0.4) is 0 Å². The lowest BCUT2D eigenvalue weighted by atomic mass is 9.93. The zero-order valence-corrected chi connectivity index (χ0v) is 17.2. The Morgan fingerprint density at radius 2 is 2.07 bits per heavy atom. The maximum absolute atomic E-state index is 13.9. The van der Waals surface area contributed by atoms with Gasteiger partial charge in [0.05, 0.1) is 7.11 Å². The molecule has 30 heavy (non-hydrogen) atoms. The number of rotatable bonds is 5. The Bertz CT molecular complexity index is 1020. The molecule has 1 amide bonds. The first kappa shape index (κ1) is 19.9. The van der Waals surface area contributed by atoms with Crippen LogP contribution in [0.1, 0.15) is 34.8 Å². The van der Waals surface area contributed by atoms with Gasteiger partial charge in [-0.3, -0.25) is 9.89 Å². The van der Waals surface area contributed by atoms with Gasteiger partial charge in [0, 0.05) is 50.6 Å². The highest BCUT2D eigenvalue weighted by Gasteiger charge is 2.32. The van der Waals surface area contributed by atoms with E-state index < -0.39 is 5.82 Å². The highest BCUT2D eigenvalue weighted by Crippen LogP contribution is 2.35. The van der Waals surface area contributed by atoms with Crippen molar-refractivity contribution in [2.24, 2.45) is 0 Å². The minimum atomic E-state index is -0.484. The first-order valence-corrected chi connectivity index (χ1v) is 9.79. The third kappa shape index (κ3) is 3.62. The van der Waals surface area contributed by atoms with Crippen LogP contribution < -0.4 is 9.64 Å². The van der Waals surface area contributed by atoms with E-state index in [0.29, 0.717) is 41.7 Å². The summed E-state index contributed by atoms with van der Waals surface area (Å²) in [7, 11) is 4.99. The molecule has 4 rings (SSSR count). The maximum Gasteiger partial charge on any atom is 0.261 e. The minimum absolute atomic E-state index is 0.0778. The van der Waals surface area contributed by atoms with Crippen molar-refractivity contribution >= 4 is 11.7 Å². The average molecular weight is 413 g/mol. The Labute approximate surface area is 173 Å². The van der Waals surface area contributed by atoms with Crippen LogP contribution in [0.2, 0.25) is 0 Å². The minimum Gasteiger partial charge on any atom is -0.494 e. The fourth-order valence-corrected chi connectivity index (χ4v) is 3.82. The van der Waals surface area contributed by atoms with Gasteiger partial charge in [0.25, 0.3) is 5.91 Å². The van der Waals surface area contributed by atoms with Crippen LogP contribution in [0.15, 0.2) is 35.0 Å². The summed E-state index contributed by atoms with van der Waals surface area (Å²) in [5, 5.41) is 11.1. The second kappa shape index (κ2) is 8.17. The Morgan fingerprint density at radius 3 is 2.70 bits per heavy atom. The van der Waals surface area contributed by atoms with Crippen molar-refractivity contribution in [2.45, 2.75) is 18.8 Å². The summed E-state index contributed by atoms with van der Waals surface area (Å²) in [6.45, 7) is 1.24. The average Bonchev–Trinajstić information content (AvgIpc) is 3.44. The van der Waals surface area contributed by atoms with Gasteiger partial charge in [-0.25, -0.2) is 4.39 Å². The maximum atomic E-state index is 13.9. The molecule has 3 aromatic rings. The molecular weight excluding hydrogens is 389 g/mol. The van der Waals surface area contributed by atoms with Gasteiger partial charge in [0.15, 0.2) is 23.1 Å². The van der Waals surface area contributed by atoms with E-state index in [1.165, 1.54) is 19.2 Å². The quantitative estimate of drug-likeness (QED) is 0.691. The van der Waals surface area contributed by atoms with E-state index in [9.17, 15) is 9.18 Å². The standard InChI is InChI=1S/C21H24FN5O3/c1-26(2)20-18(19(30-25-20)14-4-5-15(22)17(12-14)29-3)21(28)27-10-7-13(8-11-27)16-6-9-23-24-16/h4-6,9,12-13H,7-8,10-11H2,1-3H3,(H,23,24). The van der Waals surface area contributed by atoms with Gasteiger partial charge in [-0.05, 0) is 37.1 Å². The highest BCUT2D eigenvalue weighted by molar-refractivity contribution is 6.04. The molecule has 0 radical (unpaired) electrons. The topological polar surface area (TPSA) is 87.5 Å². The Morgan fingerprint density at radius 1 is 1.30 bits per heavy atom. The third-order valence-corrected chi connectivity index (χ3v) is 5.47. The number of anilines is 1. The number of aromatic nitrogens is 3. The molecule has 1 fully saturated rings. The lowest BCUT2D eigenvalue weighted by Gasteiger charge is -2.31. The van der Waals surface area contributed by atoms with Crippen LogP contribution in [0.25, 0.3) is 11.3 Å². The lowest BCUT2D eigenvalue weighted by molar-refractivity contribution is 0.0713. The fraction of sp³-hybridized carbons (Fsp3) is 0.381. The molecule has 158 valence electrons. The molecule has 1 saturated heterocycles. The number of amides is 1. The number of benzene rings is 1. The van der Waals surface area contributed by atoms with Crippen molar-refractivity contribution in [3.05, 3.63) is 47.5 Å². The van der Waals surface area contributed by atoms with E-state index in [1.807, 2.05) is 11.0 Å². The molecule has 1 N–H and O–H groups in total. The van der Waals surface area contributed by atoms with Gasteiger partial charge in [-0.1, -0.05) is 5.16 Å². The van der Waals surface area contributed by atoms with Crippen molar-refractivity contribution in [1.82, 2.24) is 20.3 Å². The molecule has 0 saturated carbocycles. The van der Waals surface area contributed by atoms with Crippen molar-refractivity contribution in [2.75, 3.05) is 39.2 Å². The smallest absolute Gasteiger partial charge is 0.261 e. The molecule has 0 aliphatic carbocycles. The lowest BCUT2D eigenvalue weighted by Crippen LogP contribution is -2.38. The van der Waals surface area contributed by atoms with E-state index in [1.54, 1.807) is 31.3 Å². The molecule has 3 heterocycles. The van der Waals surface area contributed by atoms with Crippen LogP contribution in [-0.2, 0) is 0 Å². The predicted octanol–water partition coefficient (Wildman–Crippen LogP) is 3.30. The van der Waals surface area contributed by atoms with Crippen molar-refractivity contribution in [3.63, 3.8) is 0 Å². The Kier molecular flexibility index (Phi) is 5.43. The summed E-state index contributed by atoms with van der Waals surface area (Å²) in [4.78, 5) is 17.0. The van der Waals surface area contributed by atoms with Crippen LogP contribution >= 0.6 is 0 Å². The van der Waals surface area contributed by atoms with Gasteiger partial charge >= 0.3 is 0 Å². The largest absolute Gasteiger partial charge is 0.494 e. The Balaban J connectivity index is 1.63. The number of piperidine rings is 1. The second-order valence-electron chi connectivity index (χ2n) is 7.53. The van der Waals surface area contributed by atoms with Gasteiger partial charge < -0.3 is 19.1 Å².